The Hall–Kier alpha value is -1.61. The average molecular weight is 289 g/mol. The minimum absolute atomic E-state index is 0.00529. The zero-order valence-corrected chi connectivity index (χ0v) is 12.0. The molecule has 0 unspecified atom stereocenters. The number of H-pyrrole nitrogens is 1. The predicted octanol–water partition coefficient (Wildman–Crippen LogP) is 0.174. The number of amidine groups is 1. The van der Waals surface area contributed by atoms with Crippen molar-refractivity contribution in [3.05, 3.63) is 11.4 Å². The van der Waals surface area contributed by atoms with E-state index in [1.54, 1.807) is 20.8 Å². The molecule has 0 aliphatic rings. The van der Waals surface area contributed by atoms with Gasteiger partial charge in [-0.3, -0.25) is 5.10 Å². The molecule has 0 spiro atoms. The first kappa shape index (κ1) is 15.4. The zero-order chi connectivity index (χ0) is 14.6. The first-order valence-corrected chi connectivity index (χ1v) is 7.26. The van der Waals surface area contributed by atoms with Crippen LogP contribution in [0.4, 0.5) is 0 Å². The standard InChI is InChI=1S/C10H19N5O3S/c1-4-15(6-5-9(11)14-16)19(17,18)10-7(2)12-13-8(10)3/h16H,4-6H2,1-3H3,(H2,11,14)(H,12,13). The van der Waals surface area contributed by atoms with Gasteiger partial charge in [0.2, 0.25) is 10.0 Å². The number of sulfonamides is 1. The molecule has 108 valence electrons. The van der Waals surface area contributed by atoms with Crippen LogP contribution in [0.5, 0.6) is 0 Å². The molecule has 1 rings (SSSR count). The Morgan fingerprint density at radius 1 is 1.53 bits per heavy atom. The SMILES string of the molecule is CCN(CCC(N)=NO)S(=O)(=O)c1c(C)n[nH]c1C. The molecule has 0 bridgehead atoms. The van der Waals surface area contributed by atoms with Crippen molar-refractivity contribution in [2.45, 2.75) is 32.1 Å². The van der Waals surface area contributed by atoms with Crippen molar-refractivity contribution in [3.8, 4) is 0 Å². The summed E-state index contributed by atoms with van der Waals surface area (Å²) in [6, 6.07) is 0. The smallest absolute Gasteiger partial charge is 0.246 e. The summed E-state index contributed by atoms with van der Waals surface area (Å²) in [7, 11) is -3.63. The second-order valence-electron chi connectivity index (χ2n) is 4.10. The van der Waals surface area contributed by atoms with Gasteiger partial charge in [-0.2, -0.15) is 9.40 Å². The molecule has 4 N–H and O–H groups in total. The van der Waals surface area contributed by atoms with Gasteiger partial charge in [0.1, 0.15) is 10.7 Å². The number of hydrogen-bond donors (Lipinski definition) is 3. The second kappa shape index (κ2) is 6.02. The van der Waals surface area contributed by atoms with Crippen LogP contribution in [-0.4, -0.2) is 47.1 Å². The van der Waals surface area contributed by atoms with Gasteiger partial charge in [-0.25, -0.2) is 8.42 Å². The molecule has 1 heterocycles. The van der Waals surface area contributed by atoms with Crippen LogP contribution in [0.25, 0.3) is 0 Å². The fourth-order valence-electron chi connectivity index (χ4n) is 1.79. The summed E-state index contributed by atoms with van der Waals surface area (Å²) in [5.74, 6) is -0.00529. The largest absolute Gasteiger partial charge is 0.409 e. The molecule has 0 fully saturated rings. The minimum atomic E-state index is -3.63. The van der Waals surface area contributed by atoms with Gasteiger partial charge in [0.25, 0.3) is 0 Å². The maximum atomic E-state index is 12.5. The molecular weight excluding hydrogens is 270 g/mol. The van der Waals surface area contributed by atoms with E-state index in [-0.39, 0.29) is 23.7 Å². The number of aryl methyl sites for hydroxylation is 2. The number of rotatable bonds is 6. The zero-order valence-electron chi connectivity index (χ0n) is 11.2. The van der Waals surface area contributed by atoms with Gasteiger partial charge in [-0.1, -0.05) is 12.1 Å². The van der Waals surface area contributed by atoms with Crippen molar-refractivity contribution < 1.29 is 13.6 Å². The van der Waals surface area contributed by atoms with Crippen molar-refractivity contribution in [2.75, 3.05) is 13.1 Å². The average Bonchev–Trinajstić information content (AvgIpc) is 2.69. The van der Waals surface area contributed by atoms with Crippen LogP contribution < -0.4 is 5.73 Å². The Bertz CT molecular complexity index is 544. The quantitative estimate of drug-likeness (QED) is 0.298. The van der Waals surface area contributed by atoms with Gasteiger partial charge in [0.05, 0.1) is 11.4 Å². The van der Waals surface area contributed by atoms with E-state index in [0.717, 1.165) is 0 Å². The lowest BCUT2D eigenvalue weighted by atomic mass is 10.4. The first-order valence-electron chi connectivity index (χ1n) is 5.82. The van der Waals surface area contributed by atoms with Crippen LogP contribution in [0, 0.1) is 13.8 Å². The molecule has 0 atom stereocenters. The van der Waals surface area contributed by atoms with Crippen LogP contribution in [0.2, 0.25) is 0 Å². The summed E-state index contributed by atoms with van der Waals surface area (Å²) in [6.45, 7) is 5.47. The molecule has 0 aliphatic heterocycles. The van der Waals surface area contributed by atoms with E-state index >= 15 is 0 Å². The van der Waals surface area contributed by atoms with E-state index < -0.39 is 10.0 Å². The number of hydrogen-bond acceptors (Lipinski definition) is 5. The molecule has 0 amide bonds. The summed E-state index contributed by atoms with van der Waals surface area (Å²) in [6.07, 6.45) is 0.166. The molecular formula is C10H19N5O3S. The van der Waals surface area contributed by atoms with E-state index in [9.17, 15) is 8.42 Å². The third-order valence-electron chi connectivity index (χ3n) is 2.76. The van der Waals surface area contributed by atoms with Crippen LogP contribution in [0.3, 0.4) is 0 Å². The minimum Gasteiger partial charge on any atom is -0.409 e. The summed E-state index contributed by atoms with van der Waals surface area (Å²) < 4.78 is 26.3. The highest BCUT2D eigenvalue weighted by molar-refractivity contribution is 7.89. The molecule has 8 nitrogen and oxygen atoms in total. The van der Waals surface area contributed by atoms with E-state index in [1.807, 2.05) is 0 Å². The molecule has 0 aliphatic carbocycles. The van der Waals surface area contributed by atoms with Crippen LogP contribution >= 0.6 is 0 Å². The highest BCUT2D eigenvalue weighted by Crippen LogP contribution is 2.21. The van der Waals surface area contributed by atoms with Crippen molar-refractivity contribution in [1.82, 2.24) is 14.5 Å². The molecule has 0 aromatic carbocycles. The van der Waals surface area contributed by atoms with Crippen molar-refractivity contribution in [2.24, 2.45) is 10.9 Å². The molecule has 1 aromatic rings. The first-order chi connectivity index (χ1) is 8.84. The lowest BCUT2D eigenvalue weighted by Gasteiger charge is -2.20. The number of aromatic amines is 1. The fourth-order valence-corrected chi connectivity index (χ4v) is 3.57. The highest BCUT2D eigenvalue weighted by Gasteiger charge is 2.28. The topological polar surface area (TPSA) is 125 Å². The predicted molar refractivity (Wildman–Crippen MR) is 70.5 cm³/mol. The van der Waals surface area contributed by atoms with Crippen molar-refractivity contribution in [3.63, 3.8) is 0 Å². The Labute approximate surface area is 112 Å². The number of oxime groups is 1. The summed E-state index contributed by atoms with van der Waals surface area (Å²) >= 11 is 0. The molecule has 0 saturated carbocycles. The Kier molecular flexibility index (Phi) is 4.90. The van der Waals surface area contributed by atoms with E-state index in [4.69, 9.17) is 10.9 Å². The third kappa shape index (κ3) is 3.24. The molecule has 19 heavy (non-hydrogen) atoms. The molecule has 0 saturated heterocycles. The second-order valence-corrected chi connectivity index (χ2v) is 5.98. The van der Waals surface area contributed by atoms with E-state index in [1.165, 1.54) is 4.31 Å². The monoisotopic (exact) mass is 289 g/mol. The third-order valence-corrected chi connectivity index (χ3v) is 4.99. The summed E-state index contributed by atoms with van der Waals surface area (Å²) in [4.78, 5) is 0.189. The normalized spacial score (nSPS) is 13.2. The maximum Gasteiger partial charge on any atom is 0.246 e. The fraction of sp³-hybridized carbons (Fsp3) is 0.600. The van der Waals surface area contributed by atoms with E-state index in [2.05, 4.69) is 15.4 Å². The number of nitrogens with two attached hydrogens (primary N) is 1. The molecule has 0 radical (unpaired) electrons. The van der Waals surface area contributed by atoms with E-state index in [0.29, 0.717) is 17.9 Å². The summed E-state index contributed by atoms with van der Waals surface area (Å²) in [5.41, 5.74) is 6.29. The van der Waals surface area contributed by atoms with Gasteiger partial charge >= 0.3 is 0 Å². The van der Waals surface area contributed by atoms with Crippen molar-refractivity contribution in [1.29, 1.82) is 0 Å². The lowest BCUT2D eigenvalue weighted by molar-refractivity contribution is 0.315. The Morgan fingerprint density at radius 2 is 2.16 bits per heavy atom. The van der Waals surface area contributed by atoms with Crippen LogP contribution in [-0.2, 0) is 10.0 Å². The number of nitrogens with zero attached hydrogens (tertiary/aromatic N) is 3. The van der Waals surface area contributed by atoms with Gasteiger partial charge in [-0.15, -0.1) is 0 Å². The van der Waals surface area contributed by atoms with Gasteiger partial charge in [0.15, 0.2) is 0 Å². The summed E-state index contributed by atoms with van der Waals surface area (Å²) in [5, 5.41) is 17.8. The number of aromatic nitrogens is 2. The van der Waals surface area contributed by atoms with Gasteiger partial charge < -0.3 is 10.9 Å². The van der Waals surface area contributed by atoms with Crippen LogP contribution in [0.15, 0.2) is 10.1 Å². The van der Waals surface area contributed by atoms with Gasteiger partial charge in [0, 0.05) is 19.5 Å². The molecule has 9 heteroatoms. The Balaban J connectivity index is 3.03. The highest BCUT2D eigenvalue weighted by atomic mass is 32.2. The molecule has 1 aromatic heterocycles. The lowest BCUT2D eigenvalue weighted by Crippen LogP contribution is -2.34. The van der Waals surface area contributed by atoms with Crippen molar-refractivity contribution >= 4 is 15.9 Å². The Morgan fingerprint density at radius 3 is 2.58 bits per heavy atom. The number of nitrogens with one attached hydrogen (secondary N) is 1. The maximum absolute atomic E-state index is 12.5. The van der Waals surface area contributed by atoms with Gasteiger partial charge in [-0.05, 0) is 13.8 Å². The van der Waals surface area contributed by atoms with Crippen LogP contribution in [0.1, 0.15) is 24.7 Å².